The van der Waals surface area contributed by atoms with Gasteiger partial charge in [0, 0.05) is 14.2 Å². The predicted molar refractivity (Wildman–Crippen MR) is 54.5 cm³/mol. The van der Waals surface area contributed by atoms with Gasteiger partial charge in [-0.25, -0.2) is 0 Å². The molecule has 1 aromatic heterocycles. The largest absolute Gasteiger partial charge is 0.354 e. The molecule has 14 heavy (non-hydrogen) atoms. The fourth-order valence-electron chi connectivity index (χ4n) is 1.24. The van der Waals surface area contributed by atoms with Gasteiger partial charge in [-0.2, -0.15) is 5.10 Å². The summed E-state index contributed by atoms with van der Waals surface area (Å²) in [6.45, 7) is 4.34. The maximum Gasteiger partial charge on any atom is 0.176 e. The molecule has 0 aliphatic rings. The van der Waals surface area contributed by atoms with Gasteiger partial charge in [-0.3, -0.25) is 4.68 Å². The van der Waals surface area contributed by atoms with Crippen LogP contribution in [0.5, 0.6) is 0 Å². The number of rotatable bonds is 4. The SMILES string of the molecule is COC(Cn1nc(C)c(Cl)c1C)OC. The van der Waals surface area contributed by atoms with E-state index in [4.69, 9.17) is 21.1 Å². The highest BCUT2D eigenvalue weighted by molar-refractivity contribution is 6.31. The van der Waals surface area contributed by atoms with Crippen molar-refractivity contribution in [2.45, 2.75) is 26.7 Å². The third-order valence-corrected chi connectivity index (χ3v) is 2.69. The Balaban J connectivity index is 2.81. The molecule has 0 amide bonds. The van der Waals surface area contributed by atoms with E-state index in [9.17, 15) is 0 Å². The number of nitrogens with zero attached hydrogens (tertiary/aromatic N) is 2. The average molecular weight is 219 g/mol. The lowest BCUT2D eigenvalue weighted by Crippen LogP contribution is -2.22. The van der Waals surface area contributed by atoms with E-state index < -0.39 is 0 Å². The van der Waals surface area contributed by atoms with Crippen LogP contribution >= 0.6 is 11.6 Å². The van der Waals surface area contributed by atoms with E-state index in [0.29, 0.717) is 11.6 Å². The van der Waals surface area contributed by atoms with Crippen molar-refractivity contribution in [3.8, 4) is 0 Å². The molecule has 0 fully saturated rings. The highest BCUT2D eigenvalue weighted by Crippen LogP contribution is 2.19. The molecule has 0 N–H and O–H groups in total. The molecule has 0 atom stereocenters. The Hall–Kier alpha value is -0.580. The molecule has 0 bridgehead atoms. The van der Waals surface area contributed by atoms with E-state index >= 15 is 0 Å². The van der Waals surface area contributed by atoms with E-state index in [-0.39, 0.29) is 6.29 Å². The minimum absolute atomic E-state index is 0.288. The number of hydrogen-bond donors (Lipinski definition) is 0. The number of aromatic nitrogens is 2. The summed E-state index contributed by atoms with van der Waals surface area (Å²) in [4.78, 5) is 0. The van der Waals surface area contributed by atoms with Gasteiger partial charge in [0.05, 0.1) is 23.0 Å². The van der Waals surface area contributed by atoms with Crippen LogP contribution in [0.3, 0.4) is 0 Å². The van der Waals surface area contributed by atoms with E-state index in [1.54, 1.807) is 18.9 Å². The van der Waals surface area contributed by atoms with Crippen LogP contribution < -0.4 is 0 Å². The molecule has 5 heteroatoms. The standard InChI is InChI=1S/C9H15ClN2O2/c1-6-9(10)7(2)12(11-6)5-8(13-3)14-4/h8H,5H2,1-4H3. The van der Waals surface area contributed by atoms with Gasteiger partial charge in [-0.05, 0) is 13.8 Å². The molecule has 1 rings (SSSR count). The topological polar surface area (TPSA) is 36.3 Å². The van der Waals surface area contributed by atoms with Crippen molar-refractivity contribution in [2.24, 2.45) is 0 Å². The molecular weight excluding hydrogens is 204 g/mol. The number of hydrogen-bond acceptors (Lipinski definition) is 3. The summed E-state index contributed by atoms with van der Waals surface area (Å²) in [7, 11) is 3.20. The quantitative estimate of drug-likeness (QED) is 0.723. The Kier molecular flexibility index (Phi) is 3.92. The summed E-state index contributed by atoms with van der Waals surface area (Å²) in [6, 6.07) is 0. The number of aryl methyl sites for hydroxylation is 1. The van der Waals surface area contributed by atoms with Crippen LogP contribution in [-0.4, -0.2) is 30.3 Å². The molecule has 0 saturated heterocycles. The van der Waals surface area contributed by atoms with Gasteiger partial charge < -0.3 is 9.47 Å². The lowest BCUT2D eigenvalue weighted by Gasteiger charge is -2.14. The monoisotopic (exact) mass is 218 g/mol. The Bertz CT molecular complexity index is 308. The number of halogens is 1. The molecule has 1 aromatic rings. The van der Waals surface area contributed by atoms with Gasteiger partial charge in [-0.1, -0.05) is 11.6 Å². The molecule has 0 spiro atoms. The van der Waals surface area contributed by atoms with Gasteiger partial charge in [0.15, 0.2) is 6.29 Å². The zero-order valence-corrected chi connectivity index (χ0v) is 9.63. The molecule has 80 valence electrons. The minimum atomic E-state index is -0.288. The summed E-state index contributed by atoms with van der Waals surface area (Å²) >= 11 is 6.00. The van der Waals surface area contributed by atoms with Crippen molar-refractivity contribution >= 4 is 11.6 Å². The summed E-state index contributed by atoms with van der Waals surface area (Å²) in [5, 5.41) is 4.97. The normalized spacial score (nSPS) is 11.3. The first kappa shape index (κ1) is 11.5. The maximum atomic E-state index is 6.00. The van der Waals surface area contributed by atoms with Gasteiger partial charge in [0.25, 0.3) is 0 Å². The van der Waals surface area contributed by atoms with Crippen LogP contribution in [-0.2, 0) is 16.0 Å². The van der Waals surface area contributed by atoms with E-state index in [2.05, 4.69) is 5.10 Å². The third kappa shape index (κ3) is 2.26. The molecule has 0 unspecified atom stereocenters. The summed E-state index contributed by atoms with van der Waals surface area (Å²) in [6.07, 6.45) is -0.288. The lowest BCUT2D eigenvalue weighted by atomic mass is 10.4. The second kappa shape index (κ2) is 4.77. The van der Waals surface area contributed by atoms with Crippen molar-refractivity contribution in [2.75, 3.05) is 14.2 Å². The van der Waals surface area contributed by atoms with Crippen LogP contribution in [0, 0.1) is 13.8 Å². The van der Waals surface area contributed by atoms with Crippen molar-refractivity contribution < 1.29 is 9.47 Å². The second-order valence-electron chi connectivity index (χ2n) is 3.07. The third-order valence-electron chi connectivity index (χ3n) is 2.14. The van der Waals surface area contributed by atoms with Gasteiger partial charge in [0.2, 0.25) is 0 Å². The highest BCUT2D eigenvalue weighted by Gasteiger charge is 2.13. The van der Waals surface area contributed by atoms with Crippen LogP contribution in [0.25, 0.3) is 0 Å². The van der Waals surface area contributed by atoms with Crippen LogP contribution in [0.15, 0.2) is 0 Å². The Morgan fingerprint density at radius 1 is 1.36 bits per heavy atom. The van der Waals surface area contributed by atoms with Crippen LogP contribution in [0.2, 0.25) is 5.02 Å². The van der Waals surface area contributed by atoms with E-state index in [1.165, 1.54) is 0 Å². The predicted octanol–water partition coefficient (Wildman–Crippen LogP) is 1.77. The van der Waals surface area contributed by atoms with Crippen LogP contribution in [0.1, 0.15) is 11.4 Å². The average Bonchev–Trinajstić information content (AvgIpc) is 2.42. The van der Waals surface area contributed by atoms with Crippen molar-refractivity contribution in [1.82, 2.24) is 9.78 Å². The second-order valence-corrected chi connectivity index (χ2v) is 3.45. The number of methoxy groups -OCH3 is 2. The zero-order chi connectivity index (χ0) is 10.7. The molecule has 0 aromatic carbocycles. The van der Waals surface area contributed by atoms with Crippen molar-refractivity contribution in [3.05, 3.63) is 16.4 Å². The molecule has 0 aliphatic carbocycles. The Morgan fingerprint density at radius 3 is 2.29 bits per heavy atom. The smallest absolute Gasteiger partial charge is 0.176 e. The first-order chi connectivity index (χ1) is 6.60. The first-order valence-electron chi connectivity index (χ1n) is 4.35. The highest BCUT2D eigenvalue weighted by atomic mass is 35.5. The van der Waals surface area contributed by atoms with Crippen molar-refractivity contribution in [1.29, 1.82) is 0 Å². The Morgan fingerprint density at radius 2 is 1.93 bits per heavy atom. The zero-order valence-electron chi connectivity index (χ0n) is 8.87. The van der Waals surface area contributed by atoms with E-state index in [1.807, 2.05) is 13.8 Å². The molecule has 0 saturated carbocycles. The fraction of sp³-hybridized carbons (Fsp3) is 0.667. The fourth-order valence-corrected chi connectivity index (χ4v) is 1.37. The molecular formula is C9H15ClN2O2. The van der Waals surface area contributed by atoms with Crippen LogP contribution in [0.4, 0.5) is 0 Å². The summed E-state index contributed by atoms with van der Waals surface area (Å²) < 4.78 is 11.9. The summed E-state index contributed by atoms with van der Waals surface area (Å²) in [5.41, 5.74) is 1.76. The van der Waals surface area contributed by atoms with Gasteiger partial charge in [0.1, 0.15) is 0 Å². The Labute approximate surface area is 88.8 Å². The first-order valence-corrected chi connectivity index (χ1v) is 4.73. The molecule has 1 heterocycles. The molecule has 0 radical (unpaired) electrons. The minimum Gasteiger partial charge on any atom is -0.354 e. The molecule has 4 nitrogen and oxygen atoms in total. The van der Waals surface area contributed by atoms with Crippen molar-refractivity contribution in [3.63, 3.8) is 0 Å². The molecule has 0 aliphatic heterocycles. The van der Waals surface area contributed by atoms with E-state index in [0.717, 1.165) is 11.4 Å². The summed E-state index contributed by atoms with van der Waals surface area (Å²) in [5.74, 6) is 0. The van der Waals surface area contributed by atoms with Gasteiger partial charge >= 0.3 is 0 Å². The lowest BCUT2D eigenvalue weighted by molar-refractivity contribution is -0.112. The van der Waals surface area contributed by atoms with Gasteiger partial charge in [-0.15, -0.1) is 0 Å². The maximum absolute atomic E-state index is 6.00. The number of ether oxygens (including phenoxy) is 2.